The molecule has 1 fully saturated rings. The minimum Gasteiger partial charge on any atom is -0.744 e. The summed E-state index contributed by atoms with van der Waals surface area (Å²) in [6.45, 7) is 7.12. The number of anilines is 1. The van der Waals surface area contributed by atoms with Crippen LogP contribution >= 0.6 is 0 Å². The smallest absolute Gasteiger partial charge is 0.744 e. The second kappa shape index (κ2) is 24.0. The normalized spacial score (nSPS) is 19.0. The number of amides is 1. The van der Waals surface area contributed by atoms with E-state index in [1.165, 1.54) is 19.1 Å². The number of rotatable bonds is 11. The van der Waals surface area contributed by atoms with E-state index in [2.05, 4.69) is 18.9 Å². The van der Waals surface area contributed by atoms with E-state index in [-0.39, 0.29) is 239 Å². The number of carbonyl (C=O) groups is 1. The summed E-state index contributed by atoms with van der Waals surface area (Å²) in [5.41, 5.74) is 2.87. The number of nitrogens with one attached hydrogen (secondary N) is 2. The maximum Gasteiger partial charge on any atom is 1.00 e. The van der Waals surface area contributed by atoms with Crippen LogP contribution in [0.3, 0.4) is 0 Å². The Bertz CT molecular complexity index is 2520. The molecule has 0 spiro atoms. The van der Waals surface area contributed by atoms with Crippen molar-refractivity contribution in [2.24, 2.45) is 5.41 Å². The molecule has 1 amide bonds. The maximum atomic E-state index is 13.8. The molecular weight excluding hydrogens is 949 g/mol. The molecule has 3 unspecified atom stereocenters. The van der Waals surface area contributed by atoms with Crippen molar-refractivity contribution in [3.8, 4) is 17.2 Å². The van der Waals surface area contributed by atoms with Crippen molar-refractivity contribution in [3.63, 3.8) is 0 Å². The monoisotopic (exact) mass is 978 g/mol. The van der Waals surface area contributed by atoms with Gasteiger partial charge in [0.15, 0.2) is 0 Å². The minimum atomic E-state index is -5.11. The first-order chi connectivity index (χ1) is 25.1. The van der Waals surface area contributed by atoms with Crippen molar-refractivity contribution in [2.75, 3.05) is 5.01 Å². The average Bonchev–Trinajstić information content (AvgIpc) is 3.49. The molecule has 0 saturated carbocycles. The van der Waals surface area contributed by atoms with Crippen molar-refractivity contribution in [1.82, 2.24) is 15.2 Å². The first kappa shape index (κ1) is 58.0. The van der Waals surface area contributed by atoms with Gasteiger partial charge in [0.05, 0.1) is 32.8 Å². The van der Waals surface area contributed by atoms with E-state index >= 15 is 0 Å². The minimum absolute atomic E-state index is 0. The fraction of sp³-hybridized carbons (Fsp3) is 0.250. The number of benzene rings is 2. The van der Waals surface area contributed by atoms with Gasteiger partial charge in [-0.25, -0.2) is 40.4 Å². The van der Waals surface area contributed by atoms with Crippen LogP contribution in [0.2, 0.25) is 0 Å². The zero-order chi connectivity index (χ0) is 39.9. The van der Waals surface area contributed by atoms with Crippen LogP contribution in [0, 0.1) is 12.3 Å². The predicted molar refractivity (Wildman–Crippen MR) is 189 cm³/mol. The van der Waals surface area contributed by atoms with E-state index in [0.29, 0.717) is 18.4 Å². The number of hydrogen-bond donors (Lipinski definition) is 2. The molecule has 3 aromatic rings. The SMILES string of the molecule is Cc1[nH]n(-c2cc(OS(=O)[O-])ccc2S(=O)(=O)[O-])c(=O)c1/C=C/C=C/C1=CC(=C2\C(=O)N(c3cc(OS(=O)[O-])ccc3S(=O)(=O)[O-])NC2C)/CC(C)(C)C1.[K+].[K+].[K+].[K+]. The summed E-state index contributed by atoms with van der Waals surface area (Å²) in [6, 6.07) is 4.76. The molecule has 2 heterocycles. The molecule has 1 aliphatic carbocycles. The molecule has 1 saturated heterocycles. The summed E-state index contributed by atoms with van der Waals surface area (Å²) in [5, 5.41) is 3.54. The van der Waals surface area contributed by atoms with E-state index in [0.717, 1.165) is 51.7 Å². The van der Waals surface area contributed by atoms with Gasteiger partial charge in [-0.3, -0.25) is 14.7 Å². The Balaban J connectivity index is 0.00000420. The van der Waals surface area contributed by atoms with Gasteiger partial charge in [-0.15, -0.1) is 0 Å². The topological polar surface area (TPSA) is 283 Å². The zero-order valence-electron chi connectivity index (χ0n) is 32.6. The van der Waals surface area contributed by atoms with E-state index in [4.69, 9.17) is 0 Å². The molecule has 2 aliphatic rings. The van der Waals surface area contributed by atoms with Crippen LogP contribution in [0.4, 0.5) is 5.69 Å². The number of aryl methyl sites for hydroxylation is 1. The summed E-state index contributed by atoms with van der Waals surface area (Å²) >= 11 is -6.05. The number of H-pyrrole nitrogens is 1. The summed E-state index contributed by atoms with van der Waals surface area (Å²) in [5.74, 6) is -1.36. The number of allylic oxidation sites excluding steroid dienone is 6. The van der Waals surface area contributed by atoms with Crippen LogP contribution in [-0.2, 0) is 47.8 Å². The molecule has 5 rings (SSSR count). The molecule has 26 heteroatoms. The Labute approximate surface area is 510 Å². The van der Waals surface area contributed by atoms with Gasteiger partial charge in [0.25, 0.3) is 11.5 Å². The third-order valence-corrected chi connectivity index (χ3v) is 10.7. The molecular formula is C32H30K4N4O14S4. The Hall–Kier alpha value is 2.03. The predicted octanol–water partition coefficient (Wildman–Crippen LogP) is -9.80. The third-order valence-electron chi connectivity index (χ3n) is 8.26. The fourth-order valence-electron chi connectivity index (χ4n) is 6.24. The van der Waals surface area contributed by atoms with E-state index in [1.54, 1.807) is 25.2 Å². The molecule has 2 aromatic carbocycles. The van der Waals surface area contributed by atoms with Crippen molar-refractivity contribution in [2.45, 2.75) is 56.4 Å². The summed E-state index contributed by atoms with van der Waals surface area (Å²) in [7, 11) is -10.2. The number of hydrazine groups is 1. The van der Waals surface area contributed by atoms with Crippen molar-refractivity contribution < 1.29 is 262 Å². The van der Waals surface area contributed by atoms with Crippen molar-refractivity contribution >= 4 is 60.6 Å². The Morgan fingerprint density at radius 3 is 1.84 bits per heavy atom. The molecule has 58 heavy (non-hydrogen) atoms. The van der Waals surface area contributed by atoms with E-state index in [9.17, 15) is 53.1 Å². The van der Waals surface area contributed by atoms with Gasteiger partial charge in [-0.2, -0.15) is 0 Å². The standard InChI is InChI=1S/C32H34N4O14S4.4K/c1-18-24(30(37)35(33-18)25-14-22(49-51(39)40)9-11-27(25)53(43,44)45)8-6-5-7-20-13-21(17-32(3,4)16-20)29-19(2)34-36(31(29)38)26-15-23(50-52(41)42)10-12-28(26)54(46,47)48;;;;/h5-15,19,33-34H,16-17H2,1-4H3,(H,39,40)(H,41,42)(H,43,44,45)(H,46,47,48);;;;/q;4*+1/p-4/b7-5+,8-6+,29-21+;;;;. The van der Waals surface area contributed by atoms with Crippen LogP contribution < -0.4 is 230 Å². The third kappa shape index (κ3) is 14.8. The number of aromatic nitrogens is 2. The summed E-state index contributed by atoms with van der Waals surface area (Å²) in [4.78, 5) is 25.6. The Kier molecular flexibility index (Phi) is 24.0. The molecule has 18 nitrogen and oxygen atoms in total. The van der Waals surface area contributed by atoms with Crippen LogP contribution in [0.15, 0.2) is 92.0 Å². The number of nitrogens with zero attached hydrogens (tertiary/aromatic N) is 2. The van der Waals surface area contributed by atoms with Gasteiger partial charge < -0.3 is 26.6 Å². The molecule has 0 bridgehead atoms. The quantitative estimate of drug-likeness (QED) is 0.0594. The van der Waals surface area contributed by atoms with Crippen molar-refractivity contribution in [1.29, 1.82) is 0 Å². The fourth-order valence-corrected chi connectivity index (χ4v) is 8.04. The maximum absolute atomic E-state index is 13.8. The molecule has 0 radical (unpaired) electrons. The summed E-state index contributed by atoms with van der Waals surface area (Å²) < 4.78 is 126. The second-order valence-electron chi connectivity index (χ2n) is 12.9. The van der Waals surface area contributed by atoms with Gasteiger partial charge in [0, 0.05) is 23.4 Å². The van der Waals surface area contributed by atoms with Gasteiger partial charge in [0.1, 0.15) is 54.5 Å². The second-order valence-corrected chi connectivity index (χ2v) is 16.8. The largest absolute Gasteiger partial charge is 1.00 e. The van der Waals surface area contributed by atoms with Gasteiger partial charge in [-0.1, -0.05) is 38.2 Å². The van der Waals surface area contributed by atoms with Crippen LogP contribution in [0.5, 0.6) is 11.5 Å². The Morgan fingerprint density at radius 1 is 0.828 bits per heavy atom. The first-order valence-corrected chi connectivity index (χ1v) is 20.3. The van der Waals surface area contributed by atoms with Gasteiger partial charge in [-0.05, 0) is 73.6 Å². The molecule has 3 atom stereocenters. The molecule has 2 N–H and O–H groups in total. The van der Waals surface area contributed by atoms with Crippen LogP contribution in [0.1, 0.15) is 44.9 Å². The van der Waals surface area contributed by atoms with Gasteiger partial charge >= 0.3 is 206 Å². The van der Waals surface area contributed by atoms with Crippen LogP contribution in [0.25, 0.3) is 11.8 Å². The molecule has 290 valence electrons. The van der Waals surface area contributed by atoms with E-state index < -0.39 is 81.6 Å². The number of aromatic amines is 1. The Morgan fingerprint density at radius 2 is 1.33 bits per heavy atom. The molecule has 1 aromatic heterocycles. The van der Waals surface area contributed by atoms with Crippen LogP contribution in [-0.4, -0.2) is 65.2 Å². The average molecular weight is 979 g/mol. The number of hydrogen-bond acceptors (Lipinski definition) is 15. The summed E-state index contributed by atoms with van der Waals surface area (Å²) in [6.07, 6.45) is 9.12. The molecule has 1 aliphatic heterocycles. The zero-order valence-corrected chi connectivity index (χ0v) is 48.3. The van der Waals surface area contributed by atoms with E-state index in [1.807, 2.05) is 13.8 Å². The number of carbonyl (C=O) groups excluding carboxylic acids is 1. The first-order valence-electron chi connectivity index (χ1n) is 15.5. The van der Waals surface area contributed by atoms with Gasteiger partial charge in [0.2, 0.25) is 0 Å². The van der Waals surface area contributed by atoms with Crippen molar-refractivity contribution in [3.05, 3.63) is 99.0 Å².